The Kier molecular flexibility index (Phi) is 6.49. The second kappa shape index (κ2) is 10.2. The van der Waals surface area contributed by atoms with Gasteiger partial charge in [0.15, 0.2) is 5.82 Å². The van der Waals surface area contributed by atoms with Crippen molar-refractivity contribution in [3.63, 3.8) is 0 Å². The number of carbonyl (C=O) groups excluding carboxylic acids is 1. The van der Waals surface area contributed by atoms with Crippen molar-refractivity contribution in [3.8, 4) is 40.2 Å². The van der Waals surface area contributed by atoms with Gasteiger partial charge in [0.2, 0.25) is 5.88 Å². The largest absolute Gasteiger partial charge is 0.497 e. The zero-order valence-corrected chi connectivity index (χ0v) is 20.3. The number of carbonyl (C=O) groups is 1. The van der Waals surface area contributed by atoms with Crippen molar-refractivity contribution >= 4 is 11.6 Å². The van der Waals surface area contributed by atoms with E-state index >= 15 is 0 Å². The van der Waals surface area contributed by atoms with Gasteiger partial charge in [-0.15, -0.1) is 0 Å². The number of ether oxygens (including phenoxy) is 3. The van der Waals surface area contributed by atoms with Gasteiger partial charge in [0.05, 0.1) is 19.9 Å². The Hall–Kier alpha value is -5.19. The highest BCUT2D eigenvalue weighted by Gasteiger charge is 2.18. The summed E-state index contributed by atoms with van der Waals surface area (Å²) in [5, 5.41) is 11.5. The standard InChI is InChI=1S/C26H23N7O4/c1-32-22(14-21(31-32)20-13-19(35-2)9-10-23(20)36-3)26(34)30-17-5-7-18(8-6-17)37-25-15-24(27-16-28-25)33-12-4-11-29-33/h4-16H,1-3H3,(H,30,34). The Bertz CT molecular complexity index is 1530. The Morgan fingerprint density at radius 3 is 2.49 bits per heavy atom. The Labute approximate surface area is 212 Å². The molecule has 11 heteroatoms. The first-order valence-electron chi connectivity index (χ1n) is 11.2. The third kappa shape index (κ3) is 5.10. The summed E-state index contributed by atoms with van der Waals surface area (Å²) in [4.78, 5) is 21.3. The molecular weight excluding hydrogens is 474 g/mol. The van der Waals surface area contributed by atoms with Crippen LogP contribution in [0.4, 0.5) is 5.69 Å². The highest BCUT2D eigenvalue weighted by Crippen LogP contribution is 2.33. The smallest absolute Gasteiger partial charge is 0.273 e. The molecule has 2 aromatic carbocycles. The fraction of sp³-hybridized carbons (Fsp3) is 0.115. The highest BCUT2D eigenvalue weighted by molar-refractivity contribution is 6.03. The van der Waals surface area contributed by atoms with Crippen molar-refractivity contribution in [2.24, 2.45) is 7.05 Å². The van der Waals surface area contributed by atoms with E-state index in [9.17, 15) is 4.79 Å². The van der Waals surface area contributed by atoms with Gasteiger partial charge in [-0.2, -0.15) is 10.2 Å². The minimum atomic E-state index is -0.309. The summed E-state index contributed by atoms with van der Waals surface area (Å²) in [6, 6.07) is 17.6. The molecule has 0 bridgehead atoms. The number of amides is 1. The molecule has 3 aromatic heterocycles. The van der Waals surface area contributed by atoms with Crippen LogP contribution in [-0.4, -0.2) is 49.7 Å². The van der Waals surface area contributed by atoms with Gasteiger partial charge in [0.1, 0.15) is 29.3 Å². The molecule has 0 saturated carbocycles. The number of aromatic nitrogens is 6. The van der Waals surface area contributed by atoms with Gasteiger partial charge in [-0.05, 0) is 54.6 Å². The Morgan fingerprint density at radius 2 is 1.76 bits per heavy atom. The van der Waals surface area contributed by atoms with E-state index in [-0.39, 0.29) is 5.91 Å². The van der Waals surface area contributed by atoms with E-state index in [0.717, 1.165) is 5.56 Å². The summed E-state index contributed by atoms with van der Waals surface area (Å²) in [5.74, 6) is 2.48. The van der Waals surface area contributed by atoms with Crippen molar-refractivity contribution < 1.29 is 19.0 Å². The van der Waals surface area contributed by atoms with Crippen LogP contribution in [0.5, 0.6) is 23.1 Å². The van der Waals surface area contributed by atoms with E-state index in [1.165, 1.54) is 11.0 Å². The van der Waals surface area contributed by atoms with Gasteiger partial charge in [-0.25, -0.2) is 14.6 Å². The summed E-state index contributed by atoms with van der Waals surface area (Å²) < 4.78 is 19.7. The molecular formula is C26H23N7O4. The molecule has 5 rings (SSSR count). The summed E-state index contributed by atoms with van der Waals surface area (Å²) in [7, 11) is 4.88. The van der Waals surface area contributed by atoms with E-state index in [2.05, 4.69) is 25.5 Å². The van der Waals surface area contributed by atoms with Crippen molar-refractivity contribution in [2.45, 2.75) is 0 Å². The van der Waals surface area contributed by atoms with Crippen molar-refractivity contribution in [1.29, 1.82) is 0 Å². The summed E-state index contributed by atoms with van der Waals surface area (Å²) in [6.45, 7) is 0. The van der Waals surface area contributed by atoms with Crippen molar-refractivity contribution in [3.05, 3.63) is 85.1 Å². The lowest BCUT2D eigenvalue weighted by Crippen LogP contribution is -2.15. The van der Waals surface area contributed by atoms with Gasteiger partial charge < -0.3 is 19.5 Å². The molecule has 0 saturated heterocycles. The maximum Gasteiger partial charge on any atom is 0.273 e. The first kappa shape index (κ1) is 23.5. The van der Waals surface area contributed by atoms with Crippen LogP contribution in [0, 0.1) is 0 Å². The number of hydrogen-bond acceptors (Lipinski definition) is 8. The van der Waals surface area contributed by atoms with Gasteiger partial charge in [-0.3, -0.25) is 9.48 Å². The molecule has 1 amide bonds. The Balaban J connectivity index is 1.29. The van der Waals surface area contributed by atoms with E-state index in [4.69, 9.17) is 14.2 Å². The van der Waals surface area contributed by atoms with Crippen LogP contribution >= 0.6 is 0 Å². The van der Waals surface area contributed by atoms with Crippen LogP contribution in [0.15, 0.2) is 79.4 Å². The molecule has 0 aliphatic heterocycles. The van der Waals surface area contributed by atoms with E-state index < -0.39 is 0 Å². The van der Waals surface area contributed by atoms with Gasteiger partial charge in [0.25, 0.3) is 5.91 Å². The third-order valence-electron chi connectivity index (χ3n) is 5.50. The molecule has 0 fully saturated rings. The van der Waals surface area contributed by atoms with Crippen LogP contribution in [0.1, 0.15) is 10.5 Å². The highest BCUT2D eigenvalue weighted by atomic mass is 16.5. The molecule has 0 atom stereocenters. The van der Waals surface area contributed by atoms with Gasteiger partial charge in [0, 0.05) is 36.8 Å². The number of nitrogens with one attached hydrogen (secondary N) is 1. The van der Waals surface area contributed by atoms with E-state index in [0.29, 0.717) is 46.0 Å². The predicted octanol–water partition coefficient (Wildman–Crippen LogP) is 4.12. The van der Waals surface area contributed by atoms with Crippen LogP contribution in [0.25, 0.3) is 17.1 Å². The Morgan fingerprint density at radius 1 is 0.946 bits per heavy atom. The average Bonchev–Trinajstić information content (AvgIpc) is 3.60. The van der Waals surface area contributed by atoms with Crippen LogP contribution < -0.4 is 19.5 Å². The lowest BCUT2D eigenvalue weighted by atomic mass is 10.1. The minimum absolute atomic E-state index is 0.309. The lowest BCUT2D eigenvalue weighted by molar-refractivity contribution is 0.101. The maximum atomic E-state index is 13.0. The topological polar surface area (TPSA) is 118 Å². The number of nitrogens with zero attached hydrogens (tertiary/aromatic N) is 6. The summed E-state index contributed by atoms with van der Waals surface area (Å²) in [6.07, 6.45) is 4.85. The fourth-order valence-corrected chi connectivity index (χ4v) is 3.66. The van der Waals surface area contributed by atoms with Crippen LogP contribution in [0.3, 0.4) is 0 Å². The van der Waals surface area contributed by atoms with Gasteiger partial charge >= 0.3 is 0 Å². The summed E-state index contributed by atoms with van der Waals surface area (Å²) in [5.41, 5.74) is 2.29. The zero-order valence-electron chi connectivity index (χ0n) is 20.3. The van der Waals surface area contributed by atoms with Crippen LogP contribution in [-0.2, 0) is 7.05 Å². The number of anilines is 1. The van der Waals surface area contributed by atoms with E-state index in [1.54, 1.807) is 92.9 Å². The monoisotopic (exact) mass is 497 g/mol. The number of benzene rings is 2. The van der Waals surface area contributed by atoms with E-state index in [1.807, 2.05) is 6.07 Å². The molecule has 3 heterocycles. The lowest BCUT2D eigenvalue weighted by Gasteiger charge is -2.08. The molecule has 0 unspecified atom stereocenters. The maximum absolute atomic E-state index is 13.0. The zero-order chi connectivity index (χ0) is 25.8. The second-order valence-corrected chi connectivity index (χ2v) is 7.85. The first-order chi connectivity index (χ1) is 18.0. The van der Waals surface area contributed by atoms with Crippen molar-refractivity contribution in [2.75, 3.05) is 19.5 Å². The summed E-state index contributed by atoms with van der Waals surface area (Å²) >= 11 is 0. The second-order valence-electron chi connectivity index (χ2n) is 7.85. The SMILES string of the molecule is COc1ccc(OC)c(-c2cc(C(=O)Nc3ccc(Oc4cc(-n5cccn5)ncn4)cc3)n(C)n2)c1. The van der Waals surface area contributed by atoms with Crippen molar-refractivity contribution in [1.82, 2.24) is 29.5 Å². The number of hydrogen-bond donors (Lipinski definition) is 1. The molecule has 5 aromatic rings. The molecule has 0 aliphatic rings. The molecule has 37 heavy (non-hydrogen) atoms. The fourth-order valence-electron chi connectivity index (χ4n) is 3.66. The quantitative estimate of drug-likeness (QED) is 0.340. The average molecular weight is 498 g/mol. The number of aryl methyl sites for hydroxylation is 1. The number of rotatable bonds is 8. The molecule has 11 nitrogen and oxygen atoms in total. The molecule has 0 spiro atoms. The minimum Gasteiger partial charge on any atom is -0.497 e. The van der Waals surface area contributed by atoms with Crippen LogP contribution in [0.2, 0.25) is 0 Å². The first-order valence-corrected chi connectivity index (χ1v) is 11.2. The molecule has 0 radical (unpaired) electrons. The molecule has 1 N–H and O–H groups in total. The number of methoxy groups -OCH3 is 2. The predicted molar refractivity (Wildman–Crippen MR) is 135 cm³/mol. The molecule has 186 valence electrons. The normalized spacial score (nSPS) is 10.7. The third-order valence-corrected chi connectivity index (χ3v) is 5.50. The molecule has 0 aliphatic carbocycles. The van der Waals surface area contributed by atoms with Gasteiger partial charge in [-0.1, -0.05) is 0 Å².